The van der Waals surface area contributed by atoms with Crippen molar-refractivity contribution in [3.8, 4) is 0 Å². The van der Waals surface area contributed by atoms with Gasteiger partial charge in [0.1, 0.15) is 18.0 Å². The van der Waals surface area contributed by atoms with Gasteiger partial charge in [-0.3, -0.25) is 9.59 Å². The third-order valence-corrected chi connectivity index (χ3v) is 6.90. The fourth-order valence-electron chi connectivity index (χ4n) is 5.36. The van der Waals surface area contributed by atoms with E-state index in [2.05, 4.69) is 0 Å². The predicted molar refractivity (Wildman–Crippen MR) is 92.9 cm³/mol. The first-order valence-corrected chi connectivity index (χ1v) is 9.38. The highest BCUT2D eigenvalue weighted by Crippen LogP contribution is 2.56. The van der Waals surface area contributed by atoms with Crippen LogP contribution in [0.1, 0.15) is 47.5 Å². The molecule has 6 nitrogen and oxygen atoms in total. The highest BCUT2D eigenvalue weighted by atomic mass is 16.6. The van der Waals surface area contributed by atoms with Crippen molar-refractivity contribution in [2.45, 2.75) is 65.8 Å². The number of fused-ring (bicyclic) bond motifs is 2. The van der Waals surface area contributed by atoms with Crippen LogP contribution in [0.5, 0.6) is 0 Å². The molecular weight excluding hydrogens is 336 g/mol. The topological polar surface area (TPSA) is 89.9 Å². The van der Waals surface area contributed by atoms with Gasteiger partial charge in [0.25, 0.3) is 0 Å². The number of hydrogen-bond acceptors (Lipinski definition) is 6. The third kappa shape index (κ3) is 2.61. The van der Waals surface area contributed by atoms with Crippen LogP contribution in [-0.4, -0.2) is 41.1 Å². The van der Waals surface area contributed by atoms with E-state index >= 15 is 0 Å². The number of rotatable bonds is 2. The Hall–Kier alpha value is -1.69. The molecule has 0 unspecified atom stereocenters. The van der Waals surface area contributed by atoms with Gasteiger partial charge >= 0.3 is 11.9 Å². The van der Waals surface area contributed by atoms with E-state index in [0.717, 1.165) is 0 Å². The smallest absolute Gasteiger partial charge is 0.333 e. The van der Waals surface area contributed by atoms with Gasteiger partial charge in [-0.25, -0.2) is 4.79 Å². The molecule has 2 saturated carbocycles. The first-order valence-electron chi connectivity index (χ1n) is 9.38. The highest BCUT2D eigenvalue weighted by molar-refractivity contribution is 5.91. The molecule has 0 radical (unpaired) electrons. The van der Waals surface area contributed by atoms with Crippen molar-refractivity contribution in [3.05, 3.63) is 11.6 Å². The molecule has 1 heterocycles. The van der Waals surface area contributed by atoms with Crippen molar-refractivity contribution in [1.82, 2.24) is 0 Å². The van der Waals surface area contributed by atoms with E-state index in [9.17, 15) is 19.5 Å². The van der Waals surface area contributed by atoms with Crippen molar-refractivity contribution in [1.29, 1.82) is 0 Å². The van der Waals surface area contributed by atoms with Gasteiger partial charge < -0.3 is 14.6 Å². The maximum absolute atomic E-state index is 13.0. The van der Waals surface area contributed by atoms with Crippen LogP contribution in [0.25, 0.3) is 0 Å². The van der Waals surface area contributed by atoms with E-state index in [4.69, 9.17) is 9.47 Å². The van der Waals surface area contributed by atoms with E-state index in [-0.39, 0.29) is 35.9 Å². The van der Waals surface area contributed by atoms with Crippen LogP contribution in [0, 0.1) is 29.1 Å². The van der Waals surface area contributed by atoms with Crippen LogP contribution in [0.2, 0.25) is 0 Å². The van der Waals surface area contributed by atoms with E-state index < -0.39 is 35.6 Å². The van der Waals surface area contributed by atoms with Gasteiger partial charge in [0.05, 0.1) is 17.4 Å². The molecule has 3 rings (SSSR count). The number of carbonyl (C=O) groups excluding carboxylic acids is 3. The summed E-state index contributed by atoms with van der Waals surface area (Å²) in [5.74, 6) is -2.12. The van der Waals surface area contributed by atoms with Gasteiger partial charge in [0, 0.05) is 23.8 Å². The summed E-state index contributed by atoms with van der Waals surface area (Å²) in [6.45, 7) is 8.92. The molecule has 26 heavy (non-hydrogen) atoms. The van der Waals surface area contributed by atoms with Crippen molar-refractivity contribution in [2.24, 2.45) is 29.1 Å². The fourth-order valence-corrected chi connectivity index (χ4v) is 5.36. The third-order valence-electron chi connectivity index (χ3n) is 6.90. The Balaban J connectivity index is 2.10. The molecule has 2 aliphatic carbocycles. The summed E-state index contributed by atoms with van der Waals surface area (Å²) in [5.41, 5.74) is -0.577. The Morgan fingerprint density at radius 3 is 2.62 bits per heavy atom. The van der Waals surface area contributed by atoms with Gasteiger partial charge in [-0.05, 0) is 33.1 Å². The summed E-state index contributed by atoms with van der Waals surface area (Å²) in [5, 5.41) is 10.6. The lowest BCUT2D eigenvalue weighted by Gasteiger charge is -2.40. The lowest BCUT2D eigenvalue weighted by atomic mass is 9.66. The van der Waals surface area contributed by atoms with Gasteiger partial charge in [-0.2, -0.15) is 0 Å². The Morgan fingerprint density at radius 1 is 1.35 bits per heavy atom. The van der Waals surface area contributed by atoms with Crippen LogP contribution in [0.15, 0.2) is 11.6 Å². The van der Waals surface area contributed by atoms with Crippen LogP contribution in [-0.2, 0) is 23.9 Å². The minimum Gasteiger partial charge on any atom is -0.462 e. The summed E-state index contributed by atoms with van der Waals surface area (Å²) in [6, 6.07) is 0. The molecule has 0 amide bonds. The van der Waals surface area contributed by atoms with E-state index in [1.165, 1.54) is 0 Å². The van der Waals surface area contributed by atoms with Gasteiger partial charge in [0.15, 0.2) is 0 Å². The summed E-state index contributed by atoms with van der Waals surface area (Å²) in [6.07, 6.45) is 0.306. The lowest BCUT2D eigenvalue weighted by Crippen LogP contribution is -2.51. The Morgan fingerprint density at radius 2 is 2.00 bits per heavy atom. The number of aliphatic hydroxyl groups excluding tert-OH is 1. The molecule has 3 fully saturated rings. The summed E-state index contributed by atoms with van der Waals surface area (Å²) in [4.78, 5) is 37.7. The van der Waals surface area contributed by atoms with Gasteiger partial charge in [0.2, 0.25) is 0 Å². The largest absolute Gasteiger partial charge is 0.462 e. The average Bonchev–Trinajstić information content (AvgIpc) is 2.94. The molecule has 6 heteroatoms. The molecule has 0 aromatic heterocycles. The first-order chi connectivity index (χ1) is 12.1. The van der Waals surface area contributed by atoms with Crippen LogP contribution in [0.4, 0.5) is 0 Å². The second-order valence-electron chi connectivity index (χ2n) is 8.36. The molecule has 144 valence electrons. The van der Waals surface area contributed by atoms with Crippen molar-refractivity contribution >= 4 is 17.7 Å². The first kappa shape index (κ1) is 19.1. The zero-order valence-electron chi connectivity index (χ0n) is 16.0. The number of Topliss-reactive ketones (excluding diaryl/α,β-unsaturated/α-hetero) is 1. The van der Waals surface area contributed by atoms with Crippen molar-refractivity contribution in [3.63, 3.8) is 0 Å². The van der Waals surface area contributed by atoms with E-state index in [1.807, 2.05) is 6.92 Å². The number of ether oxygens (including phenoxy) is 2. The zero-order valence-corrected chi connectivity index (χ0v) is 16.0. The van der Waals surface area contributed by atoms with Crippen LogP contribution < -0.4 is 0 Å². The van der Waals surface area contributed by atoms with Crippen LogP contribution >= 0.6 is 0 Å². The maximum atomic E-state index is 13.0. The highest BCUT2D eigenvalue weighted by Gasteiger charge is 2.66. The number of allylic oxidation sites excluding steroid dienone is 1. The normalized spacial score (nSPS) is 45.6. The summed E-state index contributed by atoms with van der Waals surface area (Å²) < 4.78 is 11.4. The summed E-state index contributed by atoms with van der Waals surface area (Å²) in [7, 11) is 0. The quantitative estimate of drug-likeness (QED) is 0.596. The van der Waals surface area contributed by atoms with E-state index in [0.29, 0.717) is 12.0 Å². The molecule has 0 aromatic rings. The number of ketones is 1. The standard InChI is InChI=1S/C20H28O6/c1-6-9(2)18(23)26-17-15-11(4)19(24)25-13(15)7-10(3)16-12(21)8-14(22)20(16,17)5/h6,10-13,15-17,21H,7-8H2,1-5H3/b9-6-/t10-,11+,12+,13-,15-,16-,17+,20-/m1/s1. The van der Waals surface area contributed by atoms with Gasteiger partial charge in [-0.15, -0.1) is 0 Å². The second-order valence-corrected chi connectivity index (χ2v) is 8.36. The zero-order chi connectivity index (χ0) is 19.4. The van der Waals surface area contributed by atoms with Crippen molar-refractivity contribution < 1.29 is 29.0 Å². The SMILES string of the molecule is C/C=C(/C)C(=O)O[C@H]1[C@@H]2[C@H](C)C(=O)O[C@@H]2C[C@@H](C)[C@@H]2[C@@H](O)CC(=O)[C@]21C. The molecule has 8 atom stereocenters. The molecule has 3 aliphatic rings. The lowest BCUT2D eigenvalue weighted by molar-refractivity contribution is -0.165. The fraction of sp³-hybridized carbons (Fsp3) is 0.750. The number of aliphatic hydroxyl groups is 1. The minimum atomic E-state index is -1.02. The maximum Gasteiger partial charge on any atom is 0.333 e. The molecular formula is C20H28O6. The van der Waals surface area contributed by atoms with E-state index in [1.54, 1.807) is 33.8 Å². The predicted octanol–water partition coefficient (Wildman–Crippen LogP) is 2.04. The Bertz CT molecular complexity index is 667. The molecule has 1 saturated heterocycles. The van der Waals surface area contributed by atoms with Gasteiger partial charge in [-0.1, -0.05) is 19.9 Å². The Kier molecular flexibility index (Phi) is 4.76. The average molecular weight is 364 g/mol. The number of carbonyl (C=O) groups is 3. The second kappa shape index (κ2) is 6.48. The molecule has 1 N–H and O–H groups in total. The van der Waals surface area contributed by atoms with Crippen molar-refractivity contribution in [2.75, 3.05) is 0 Å². The molecule has 1 aliphatic heterocycles. The summed E-state index contributed by atoms with van der Waals surface area (Å²) >= 11 is 0. The number of hydrogen-bond donors (Lipinski definition) is 1. The van der Waals surface area contributed by atoms with Crippen LogP contribution in [0.3, 0.4) is 0 Å². The number of esters is 2. The molecule has 0 spiro atoms. The molecule has 0 aromatic carbocycles. The Labute approximate surface area is 153 Å². The monoisotopic (exact) mass is 364 g/mol. The minimum absolute atomic E-state index is 0.0291. The molecule has 0 bridgehead atoms.